The lowest BCUT2D eigenvalue weighted by molar-refractivity contribution is 0.185. The molecule has 5 heteroatoms. The van der Waals surface area contributed by atoms with E-state index in [1.165, 1.54) is 0 Å². The Hall–Kier alpha value is -1.59. The molecule has 0 radical (unpaired) electrons. The van der Waals surface area contributed by atoms with Crippen LogP contribution in [-0.4, -0.2) is 30.9 Å². The number of amides is 2. The van der Waals surface area contributed by atoms with E-state index in [1.807, 2.05) is 0 Å². The lowest BCUT2D eigenvalue weighted by Crippen LogP contribution is -2.33. The van der Waals surface area contributed by atoms with Crippen molar-refractivity contribution in [2.24, 2.45) is 5.92 Å². The fourth-order valence-electron chi connectivity index (χ4n) is 2.00. The van der Waals surface area contributed by atoms with Crippen molar-refractivity contribution >= 4 is 11.7 Å². The zero-order valence-electron chi connectivity index (χ0n) is 11.1. The van der Waals surface area contributed by atoms with Crippen LogP contribution < -0.4 is 10.6 Å². The molecule has 1 aliphatic heterocycles. The Labute approximate surface area is 113 Å². The summed E-state index contributed by atoms with van der Waals surface area (Å²) in [5, 5.41) is 15.0. The molecule has 3 N–H and O–H groups in total. The summed E-state index contributed by atoms with van der Waals surface area (Å²) in [6, 6.07) is 6.94. The van der Waals surface area contributed by atoms with Crippen LogP contribution in [0.2, 0.25) is 0 Å². The molecule has 1 aromatic rings. The maximum Gasteiger partial charge on any atom is 0.319 e. The summed E-state index contributed by atoms with van der Waals surface area (Å²) in [4.78, 5) is 11.7. The third kappa shape index (κ3) is 4.22. The van der Waals surface area contributed by atoms with E-state index in [0.717, 1.165) is 25.2 Å². The summed E-state index contributed by atoms with van der Waals surface area (Å²) in [7, 11) is 0. The van der Waals surface area contributed by atoms with E-state index in [2.05, 4.69) is 10.6 Å². The minimum absolute atomic E-state index is 0.211. The van der Waals surface area contributed by atoms with Gasteiger partial charge in [-0.2, -0.15) is 0 Å². The van der Waals surface area contributed by atoms with Crippen LogP contribution in [0.1, 0.15) is 25.0 Å². The average Bonchev–Trinajstić information content (AvgIpc) is 2.90. The zero-order chi connectivity index (χ0) is 13.7. The summed E-state index contributed by atoms with van der Waals surface area (Å²) in [6.07, 6.45) is 0.508. The molecular formula is C14H20N2O3. The first-order valence-corrected chi connectivity index (χ1v) is 6.56. The fourth-order valence-corrected chi connectivity index (χ4v) is 2.00. The molecule has 104 valence electrons. The number of carbonyl (C=O) groups is 1. The van der Waals surface area contributed by atoms with Crippen LogP contribution in [0.3, 0.4) is 0 Å². The standard InChI is InChI=1S/C14H20N2O3/c1-10(17)12-2-4-13(5-3-12)16-14(18)15-8-11-6-7-19-9-11/h2-5,10-11,17H,6-9H2,1H3,(H2,15,16,18). The molecule has 0 aromatic heterocycles. The van der Waals surface area contributed by atoms with Crippen molar-refractivity contribution in [3.8, 4) is 0 Å². The summed E-state index contributed by atoms with van der Waals surface area (Å²) in [6.45, 7) is 3.86. The molecule has 0 saturated carbocycles. The smallest absolute Gasteiger partial charge is 0.319 e. The van der Waals surface area contributed by atoms with Crippen molar-refractivity contribution in [2.45, 2.75) is 19.4 Å². The van der Waals surface area contributed by atoms with E-state index in [0.29, 0.717) is 18.2 Å². The molecule has 2 unspecified atom stereocenters. The number of urea groups is 1. The van der Waals surface area contributed by atoms with Gasteiger partial charge in [0.15, 0.2) is 0 Å². The van der Waals surface area contributed by atoms with Crippen molar-refractivity contribution in [3.05, 3.63) is 29.8 Å². The first kappa shape index (κ1) is 13.8. The van der Waals surface area contributed by atoms with Gasteiger partial charge in [0.05, 0.1) is 12.7 Å². The van der Waals surface area contributed by atoms with E-state index in [9.17, 15) is 9.90 Å². The number of aliphatic hydroxyl groups is 1. The number of nitrogens with one attached hydrogen (secondary N) is 2. The van der Waals surface area contributed by atoms with Crippen molar-refractivity contribution in [1.82, 2.24) is 5.32 Å². The van der Waals surface area contributed by atoms with Gasteiger partial charge < -0.3 is 20.5 Å². The first-order valence-electron chi connectivity index (χ1n) is 6.56. The zero-order valence-corrected chi connectivity index (χ0v) is 11.1. The maximum atomic E-state index is 11.7. The van der Waals surface area contributed by atoms with Crippen LogP contribution in [0.25, 0.3) is 0 Å². The lowest BCUT2D eigenvalue weighted by Gasteiger charge is -2.11. The van der Waals surface area contributed by atoms with Crippen molar-refractivity contribution in [3.63, 3.8) is 0 Å². The molecule has 0 aliphatic carbocycles. The van der Waals surface area contributed by atoms with Crippen LogP contribution in [0.5, 0.6) is 0 Å². The highest BCUT2D eigenvalue weighted by molar-refractivity contribution is 5.89. The monoisotopic (exact) mass is 264 g/mol. The van der Waals surface area contributed by atoms with E-state index < -0.39 is 6.10 Å². The Morgan fingerprint density at radius 2 is 2.21 bits per heavy atom. The molecular weight excluding hydrogens is 244 g/mol. The van der Waals surface area contributed by atoms with E-state index >= 15 is 0 Å². The molecule has 0 spiro atoms. The van der Waals surface area contributed by atoms with Crippen LogP contribution in [0, 0.1) is 5.92 Å². The van der Waals surface area contributed by atoms with Gasteiger partial charge in [0.1, 0.15) is 0 Å². The Morgan fingerprint density at radius 3 is 2.79 bits per heavy atom. The average molecular weight is 264 g/mol. The van der Waals surface area contributed by atoms with Crippen LogP contribution in [-0.2, 0) is 4.74 Å². The molecule has 19 heavy (non-hydrogen) atoms. The predicted octanol–water partition coefficient (Wildman–Crippen LogP) is 1.90. The number of hydrogen-bond donors (Lipinski definition) is 3. The molecule has 2 amide bonds. The van der Waals surface area contributed by atoms with E-state index in [-0.39, 0.29) is 6.03 Å². The Bertz CT molecular complexity index is 411. The fraction of sp³-hybridized carbons (Fsp3) is 0.500. The molecule has 1 heterocycles. The van der Waals surface area contributed by atoms with Crippen LogP contribution in [0.4, 0.5) is 10.5 Å². The van der Waals surface area contributed by atoms with E-state index in [4.69, 9.17) is 4.74 Å². The largest absolute Gasteiger partial charge is 0.389 e. The number of rotatable bonds is 4. The van der Waals surface area contributed by atoms with Gasteiger partial charge >= 0.3 is 6.03 Å². The highest BCUT2D eigenvalue weighted by Crippen LogP contribution is 2.15. The van der Waals surface area contributed by atoms with Crippen molar-refractivity contribution in [2.75, 3.05) is 25.1 Å². The normalized spacial score (nSPS) is 20.0. The summed E-state index contributed by atoms with van der Waals surface area (Å²) in [5.74, 6) is 0.420. The molecule has 2 atom stereocenters. The van der Waals surface area contributed by atoms with Crippen molar-refractivity contribution in [1.29, 1.82) is 0 Å². The highest BCUT2D eigenvalue weighted by Gasteiger charge is 2.16. The quantitative estimate of drug-likeness (QED) is 0.778. The van der Waals surface area contributed by atoms with Crippen LogP contribution in [0.15, 0.2) is 24.3 Å². The van der Waals surface area contributed by atoms with Crippen molar-refractivity contribution < 1.29 is 14.6 Å². The topological polar surface area (TPSA) is 70.6 Å². The van der Waals surface area contributed by atoms with Gasteiger partial charge in [-0.15, -0.1) is 0 Å². The predicted molar refractivity (Wildman–Crippen MR) is 73.0 cm³/mol. The number of anilines is 1. The Kier molecular flexibility index (Phi) is 4.76. The number of benzene rings is 1. The second-order valence-corrected chi connectivity index (χ2v) is 4.86. The minimum atomic E-state index is -0.495. The molecule has 0 bridgehead atoms. The molecule has 1 aliphatic rings. The maximum absolute atomic E-state index is 11.7. The van der Waals surface area contributed by atoms with Gasteiger partial charge in [-0.25, -0.2) is 4.79 Å². The van der Waals surface area contributed by atoms with Gasteiger partial charge in [0.2, 0.25) is 0 Å². The second-order valence-electron chi connectivity index (χ2n) is 4.86. The number of hydrogen-bond acceptors (Lipinski definition) is 3. The van der Waals surface area contributed by atoms with E-state index in [1.54, 1.807) is 31.2 Å². The second kappa shape index (κ2) is 6.54. The molecule has 2 rings (SSSR count). The summed E-state index contributed by atoms with van der Waals surface area (Å²) < 4.78 is 5.25. The lowest BCUT2D eigenvalue weighted by atomic mass is 10.1. The number of carbonyl (C=O) groups excluding carboxylic acids is 1. The number of aliphatic hydroxyl groups excluding tert-OH is 1. The molecule has 1 fully saturated rings. The third-order valence-electron chi connectivity index (χ3n) is 3.23. The minimum Gasteiger partial charge on any atom is -0.389 e. The summed E-state index contributed by atoms with van der Waals surface area (Å²) >= 11 is 0. The SMILES string of the molecule is CC(O)c1ccc(NC(=O)NCC2CCOC2)cc1. The number of ether oxygens (including phenoxy) is 1. The van der Waals surface area contributed by atoms with Crippen LogP contribution >= 0.6 is 0 Å². The van der Waals surface area contributed by atoms with Gasteiger partial charge in [0.25, 0.3) is 0 Å². The Balaban J connectivity index is 1.77. The van der Waals surface area contributed by atoms with Gasteiger partial charge in [-0.1, -0.05) is 12.1 Å². The third-order valence-corrected chi connectivity index (χ3v) is 3.23. The van der Waals surface area contributed by atoms with Gasteiger partial charge in [-0.05, 0) is 31.0 Å². The Morgan fingerprint density at radius 1 is 1.47 bits per heavy atom. The molecule has 5 nitrogen and oxygen atoms in total. The highest BCUT2D eigenvalue weighted by atomic mass is 16.5. The molecule has 1 saturated heterocycles. The summed E-state index contributed by atoms with van der Waals surface area (Å²) in [5.41, 5.74) is 1.54. The van der Waals surface area contributed by atoms with Gasteiger partial charge in [0, 0.05) is 24.8 Å². The molecule has 1 aromatic carbocycles. The first-order chi connectivity index (χ1) is 9.15. The van der Waals surface area contributed by atoms with Gasteiger partial charge in [-0.3, -0.25) is 0 Å².